The van der Waals surface area contributed by atoms with Gasteiger partial charge in [-0.3, -0.25) is 0 Å². The third kappa shape index (κ3) is 4.67. The summed E-state index contributed by atoms with van der Waals surface area (Å²) >= 11 is 11.9. The Kier molecular flexibility index (Phi) is 6.83. The minimum atomic E-state index is -0.325. The quantitative estimate of drug-likeness (QED) is 0.373. The highest BCUT2D eigenvalue weighted by Crippen LogP contribution is 2.38. The van der Waals surface area contributed by atoms with Crippen LogP contribution in [0.1, 0.15) is 30.8 Å². The van der Waals surface area contributed by atoms with E-state index in [0.29, 0.717) is 40.6 Å². The van der Waals surface area contributed by atoms with Crippen molar-refractivity contribution in [1.82, 2.24) is 20.4 Å². The first-order valence-electron chi connectivity index (χ1n) is 10.1. The number of hydrogen-bond acceptors (Lipinski definition) is 5. The van der Waals surface area contributed by atoms with E-state index < -0.39 is 0 Å². The third-order valence-corrected chi connectivity index (χ3v) is 5.84. The van der Waals surface area contributed by atoms with Gasteiger partial charge in [0.05, 0.1) is 11.6 Å². The average molecular weight is 473 g/mol. The molecule has 0 bridgehead atoms. The molecule has 1 aliphatic rings. The van der Waals surface area contributed by atoms with E-state index in [1.54, 1.807) is 19.2 Å². The molecule has 6 nitrogen and oxygen atoms in total. The molecule has 2 aromatic carbocycles. The average Bonchev–Trinajstić information content (AvgIpc) is 3.26. The molecule has 1 N–H and O–H groups in total. The molecule has 1 aliphatic heterocycles. The Morgan fingerprint density at radius 2 is 2.03 bits per heavy atom. The maximum absolute atomic E-state index is 13.3. The fourth-order valence-corrected chi connectivity index (χ4v) is 4.22. The molecule has 0 radical (unpaired) electrons. The van der Waals surface area contributed by atoms with Crippen LogP contribution in [0, 0.1) is 5.82 Å². The second kappa shape index (κ2) is 9.77. The van der Waals surface area contributed by atoms with Crippen molar-refractivity contribution in [3.05, 3.63) is 76.5 Å². The maximum atomic E-state index is 13.3. The van der Waals surface area contributed by atoms with Gasteiger partial charge in [-0.25, -0.2) is 4.39 Å². The Hall–Kier alpha value is -2.81. The van der Waals surface area contributed by atoms with Gasteiger partial charge in [0.25, 0.3) is 5.89 Å². The fourth-order valence-electron chi connectivity index (χ4n) is 3.68. The summed E-state index contributed by atoms with van der Waals surface area (Å²) in [6.07, 6.45) is 0.801. The molecule has 0 amide bonds. The Bertz CT molecular complexity index is 1150. The van der Waals surface area contributed by atoms with Gasteiger partial charge in [0.2, 0.25) is 5.82 Å². The van der Waals surface area contributed by atoms with Crippen LogP contribution in [0.3, 0.4) is 0 Å². The lowest BCUT2D eigenvalue weighted by Gasteiger charge is -2.37. The summed E-state index contributed by atoms with van der Waals surface area (Å²) in [5.74, 6) is 0.413. The molecule has 4 rings (SSSR count). The fraction of sp³-hybridized carbons (Fsp3) is 0.261. The van der Waals surface area contributed by atoms with Crippen LogP contribution in [0.4, 0.5) is 4.39 Å². The van der Waals surface area contributed by atoms with E-state index in [4.69, 9.17) is 33.1 Å². The zero-order valence-corrected chi connectivity index (χ0v) is 19.2. The van der Waals surface area contributed by atoms with Crippen molar-refractivity contribution in [2.45, 2.75) is 19.4 Å². The topological polar surface area (TPSA) is 63.4 Å². The smallest absolute Gasteiger partial charge is 0.258 e. The van der Waals surface area contributed by atoms with Gasteiger partial charge in [0, 0.05) is 36.5 Å². The van der Waals surface area contributed by atoms with Crippen LogP contribution in [-0.2, 0) is 4.74 Å². The van der Waals surface area contributed by atoms with Gasteiger partial charge in [0.15, 0.2) is 5.11 Å². The van der Waals surface area contributed by atoms with Crippen molar-refractivity contribution >= 4 is 34.5 Å². The van der Waals surface area contributed by atoms with E-state index in [0.717, 1.165) is 23.3 Å². The first-order valence-corrected chi connectivity index (χ1v) is 10.9. The Labute approximate surface area is 196 Å². The number of rotatable bonds is 7. The van der Waals surface area contributed by atoms with E-state index in [1.807, 2.05) is 36.1 Å². The summed E-state index contributed by atoms with van der Waals surface area (Å²) in [6.45, 7) is 3.28. The normalized spacial score (nSPS) is 16.4. The summed E-state index contributed by atoms with van der Waals surface area (Å²) in [7, 11) is 1.67. The summed E-state index contributed by atoms with van der Waals surface area (Å²) in [5.41, 5.74) is 3.30. The lowest BCUT2D eigenvalue weighted by Crippen LogP contribution is -2.46. The first kappa shape index (κ1) is 22.4. The van der Waals surface area contributed by atoms with Crippen LogP contribution in [0.5, 0.6) is 0 Å². The van der Waals surface area contributed by atoms with Gasteiger partial charge >= 0.3 is 0 Å². The van der Waals surface area contributed by atoms with Gasteiger partial charge in [-0.05, 0) is 67.5 Å². The molecule has 0 saturated carbocycles. The largest absolute Gasteiger partial charge is 0.385 e. The number of thiocarbonyl (C=S) groups is 1. The number of nitrogens with zero attached hydrogens (tertiary/aromatic N) is 3. The number of allylic oxidation sites excluding steroid dienone is 1. The summed E-state index contributed by atoms with van der Waals surface area (Å²) in [4.78, 5) is 6.62. The standard InChI is InChI=1S/C23H22ClFN4O2S/c1-14-19(22-27-21(28-31-22)15-7-9-18(25)10-8-15)20(16-5-3-6-17(24)13-16)26-23(32)29(14)11-4-12-30-2/h3,5-10,13,20H,4,11-12H2,1-2H3,(H,26,32). The van der Waals surface area contributed by atoms with Gasteiger partial charge < -0.3 is 19.5 Å². The number of ether oxygens (including phenoxy) is 1. The molecule has 0 spiro atoms. The van der Waals surface area contributed by atoms with Gasteiger partial charge in [0.1, 0.15) is 5.82 Å². The van der Waals surface area contributed by atoms with E-state index >= 15 is 0 Å². The lowest BCUT2D eigenvalue weighted by molar-refractivity contribution is 0.188. The molecular weight excluding hydrogens is 451 g/mol. The SMILES string of the molecule is COCCCN1C(=S)NC(c2cccc(Cl)c2)C(c2nc(-c3ccc(F)cc3)no2)=C1C. The molecule has 2 heterocycles. The Balaban J connectivity index is 1.77. The second-order valence-corrected chi connectivity index (χ2v) is 8.19. The predicted molar refractivity (Wildman–Crippen MR) is 125 cm³/mol. The molecule has 1 atom stereocenters. The van der Waals surface area contributed by atoms with E-state index in [1.165, 1.54) is 12.1 Å². The number of halogens is 2. The molecular formula is C23H22ClFN4O2S. The molecule has 1 unspecified atom stereocenters. The second-order valence-electron chi connectivity index (χ2n) is 7.36. The molecule has 3 aromatic rings. The molecule has 166 valence electrons. The van der Waals surface area contributed by atoms with Crippen molar-refractivity contribution in [3.8, 4) is 11.4 Å². The molecule has 0 fully saturated rings. The van der Waals surface area contributed by atoms with Crippen molar-refractivity contribution in [2.24, 2.45) is 0 Å². The monoisotopic (exact) mass is 472 g/mol. The highest BCUT2D eigenvalue weighted by molar-refractivity contribution is 7.80. The minimum Gasteiger partial charge on any atom is -0.385 e. The van der Waals surface area contributed by atoms with Crippen molar-refractivity contribution in [3.63, 3.8) is 0 Å². The van der Waals surface area contributed by atoms with Crippen molar-refractivity contribution < 1.29 is 13.7 Å². The van der Waals surface area contributed by atoms with Gasteiger partial charge in [-0.2, -0.15) is 4.98 Å². The zero-order valence-electron chi connectivity index (χ0n) is 17.6. The third-order valence-electron chi connectivity index (χ3n) is 5.27. The number of hydrogen-bond donors (Lipinski definition) is 1. The van der Waals surface area contributed by atoms with Crippen LogP contribution in [0.2, 0.25) is 5.02 Å². The van der Waals surface area contributed by atoms with E-state index in [9.17, 15) is 4.39 Å². The Morgan fingerprint density at radius 3 is 2.75 bits per heavy atom. The lowest BCUT2D eigenvalue weighted by atomic mass is 9.94. The Morgan fingerprint density at radius 1 is 1.25 bits per heavy atom. The van der Waals surface area contributed by atoms with Crippen LogP contribution >= 0.6 is 23.8 Å². The molecule has 0 aliphatic carbocycles. The number of methoxy groups -OCH3 is 1. The van der Waals surface area contributed by atoms with E-state index in [-0.39, 0.29) is 11.9 Å². The summed E-state index contributed by atoms with van der Waals surface area (Å²) < 4.78 is 24.2. The van der Waals surface area contributed by atoms with Crippen LogP contribution < -0.4 is 5.32 Å². The first-order chi connectivity index (χ1) is 15.5. The van der Waals surface area contributed by atoms with Crippen LogP contribution in [0.25, 0.3) is 17.0 Å². The number of aromatic nitrogens is 2. The molecule has 32 heavy (non-hydrogen) atoms. The zero-order chi connectivity index (χ0) is 22.7. The number of nitrogens with one attached hydrogen (secondary N) is 1. The van der Waals surface area contributed by atoms with E-state index in [2.05, 4.69) is 15.5 Å². The molecule has 0 saturated heterocycles. The summed E-state index contributed by atoms with van der Waals surface area (Å²) in [6, 6.07) is 13.2. The molecule has 1 aromatic heterocycles. The van der Waals surface area contributed by atoms with Crippen LogP contribution in [-0.4, -0.2) is 40.4 Å². The van der Waals surface area contributed by atoms with Crippen LogP contribution in [0.15, 0.2) is 58.8 Å². The minimum absolute atomic E-state index is 0.318. The number of benzene rings is 2. The summed E-state index contributed by atoms with van der Waals surface area (Å²) in [5, 5.41) is 8.74. The molecule has 9 heteroatoms. The maximum Gasteiger partial charge on any atom is 0.258 e. The van der Waals surface area contributed by atoms with Gasteiger partial charge in [-0.15, -0.1) is 0 Å². The van der Waals surface area contributed by atoms with Gasteiger partial charge in [-0.1, -0.05) is 28.9 Å². The predicted octanol–water partition coefficient (Wildman–Crippen LogP) is 5.23. The van der Waals surface area contributed by atoms with Crippen molar-refractivity contribution in [1.29, 1.82) is 0 Å². The van der Waals surface area contributed by atoms with Crippen molar-refractivity contribution in [2.75, 3.05) is 20.3 Å². The highest BCUT2D eigenvalue weighted by Gasteiger charge is 2.34. The highest BCUT2D eigenvalue weighted by atomic mass is 35.5.